The van der Waals surface area contributed by atoms with E-state index in [4.69, 9.17) is 0 Å². The molecule has 2 heterocycles. The van der Waals surface area contributed by atoms with Gasteiger partial charge < -0.3 is 10.0 Å². The first kappa shape index (κ1) is 9.77. The molecule has 14 heavy (non-hydrogen) atoms. The van der Waals surface area contributed by atoms with Gasteiger partial charge in [0.05, 0.1) is 5.38 Å². The van der Waals surface area contributed by atoms with Crippen molar-refractivity contribution < 1.29 is 5.11 Å². The van der Waals surface area contributed by atoms with Crippen LogP contribution in [0.25, 0.3) is 0 Å². The third-order valence-corrected chi connectivity index (χ3v) is 3.51. The maximum atomic E-state index is 9.19. The van der Waals surface area contributed by atoms with Gasteiger partial charge in [-0.25, -0.2) is 0 Å². The van der Waals surface area contributed by atoms with Crippen molar-refractivity contribution in [2.75, 3.05) is 18.0 Å². The SMILES string of the molecule is CC1CC(C)CN(c2nc(O)cs2)C1. The molecule has 1 fully saturated rings. The van der Waals surface area contributed by atoms with Crippen LogP contribution in [-0.4, -0.2) is 23.2 Å². The molecule has 4 heteroatoms. The molecule has 0 saturated carbocycles. The number of anilines is 1. The summed E-state index contributed by atoms with van der Waals surface area (Å²) < 4.78 is 0. The van der Waals surface area contributed by atoms with Crippen molar-refractivity contribution in [1.29, 1.82) is 0 Å². The molecule has 0 amide bonds. The Morgan fingerprint density at radius 3 is 2.57 bits per heavy atom. The second-order valence-corrected chi connectivity index (χ2v) is 5.18. The van der Waals surface area contributed by atoms with Gasteiger partial charge in [0.2, 0.25) is 5.88 Å². The molecule has 2 unspecified atom stereocenters. The minimum absolute atomic E-state index is 0.149. The Hall–Kier alpha value is -0.770. The number of piperidine rings is 1. The molecule has 1 aromatic rings. The molecule has 3 nitrogen and oxygen atoms in total. The summed E-state index contributed by atoms with van der Waals surface area (Å²) >= 11 is 1.52. The van der Waals surface area contributed by atoms with Crippen molar-refractivity contribution in [3.63, 3.8) is 0 Å². The Balaban J connectivity index is 2.10. The zero-order valence-electron chi connectivity index (χ0n) is 8.60. The topological polar surface area (TPSA) is 36.4 Å². The van der Waals surface area contributed by atoms with Gasteiger partial charge in [-0.15, -0.1) is 11.3 Å². The van der Waals surface area contributed by atoms with Crippen molar-refractivity contribution in [1.82, 2.24) is 4.98 Å². The van der Waals surface area contributed by atoms with Crippen LogP contribution < -0.4 is 4.90 Å². The van der Waals surface area contributed by atoms with E-state index in [9.17, 15) is 5.11 Å². The molecular formula is C10H16N2OS. The highest BCUT2D eigenvalue weighted by Gasteiger charge is 2.23. The number of rotatable bonds is 1. The van der Waals surface area contributed by atoms with Gasteiger partial charge in [-0.3, -0.25) is 0 Å². The van der Waals surface area contributed by atoms with Crippen LogP contribution in [0.2, 0.25) is 0 Å². The van der Waals surface area contributed by atoms with Gasteiger partial charge in [-0.1, -0.05) is 13.8 Å². The minimum Gasteiger partial charge on any atom is -0.493 e. The van der Waals surface area contributed by atoms with E-state index in [1.807, 2.05) is 0 Å². The van der Waals surface area contributed by atoms with Gasteiger partial charge in [-0.05, 0) is 18.3 Å². The Morgan fingerprint density at radius 1 is 1.43 bits per heavy atom. The highest BCUT2D eigenvalue weighted by molar-refractivity contribution is 7.13. The van der Waals surface area contributed by atoms with E-state index in [2.05, 4.69) is 23.7 Å². The third-order valence-electron chi connectivity index (χ3n) is 2.62. The largest absolute Gasteiger partial charge is 0.493 e. The van der Waals surface area contributed by atoms with E-state index < -0.39 is 0 Å². The number of thiazole rings is 1. The number of aromatic hydroxyl groups is 1. The lowest BCUT2D eigenvalue weighted by Gasteiger charge is -2.34. The third kappa shape index (κ3) is 2.00. The predicted molar refractivity (Wildman–Crippen MR) is 58.9 cm³/mol. The molecule has 0 bridgehead atoms. The maximum absolute atomic E-state index is 9.19. The van der Waals surface area contributed by atoms with Gasteiger partial charge in [0.1, 0.15) is 0 Å². The standard InChI is InChI=1S/C10H16N2OS/c1-7-3-8(2)5-12(4-7)10-11-9(13)6-14-10/h6-8,13H,3-5H2,1-2H3. The van der Waals surface area contributed by atoms with Gasteiger partial charge in [0.15, 0.2) is 5.13 Å². The summed E-state index contributed by atoms with van der Waals surface area (Å²) in [5.41, 5.74) is 0. The van der Waals surface area contributed by atoms with Crippen LogP contribution in [0.1, 0.15) is 20.3 Å². The van der Waals surface area contributed by atoms with E-state index in [0.29, 0.717) is 0 Å². The summed E-state index contributed by atoms with van der Waals surface area (Å²) in [5, 5.41) is 11.8. The van der Waals surface area contributed by atoms with E-state index in [1.54, 1.807) is 5.38 Å². The lowest BCUT2D eigenvalue weighted by Crippen LogP contribution is -2.38. The van der Waals surface area contributed by atoms with Crippen molar-refractivity contribution in [2.24, 2.45) is 11.8 Å². The normalized spacial score (nSPS) is 28.0. The van der Waals surface area contributed by atoms with Crippen LogP contribution in [0.5, 0.6) is 5.88 Å². The molecule has 78 valence electrons. The molecule has 2 rings (SSSR count). The molecule has 0 aromatic carbocycles. The summed E-state index contributed by atoms with van der Waals surface area (Å²) in [6.45, 7) is 6.68. The molecule has 1 aliphatic heterocycles. The van der Waals surface area contributed by atoms with Crippen molar-refractivity contribution >= 4 is 16.5 Å². The highest BCUT2D eigenvalue weighted by Crippen LogP contribution is 2.29. The van der Waals surface area contributed by atoms with E-state index in [0.717, 1.165) is 30.1 Å². The number of nitrogens with zero attached hydrogens (tertiary/aromatic N) is 2. The van der Waals surface area contributed by atoms with E-state index >= 15 is 0 Å². The van der Waals surface area contributed by atoms with Crippen LogP contribution in [0.15, 0.2) is 5.38 Å². The van der Waals surface area contributed by atoms with Crippen molar-refractivity contribution in [2.45, 2.75) is 20.3 Å². The second-order valence-electron chi connectivity index (χ2n) is 4.34. The van der Waals surface area contributed by atoms with Gasteiger partial charge in [0.25, 0.3) is 0 Å². The lowest BCUT2D eigenvalue weighted by atomic mass is 9.92. The van der Waals surface area contributed by atoms with E-state index in [1.165, 1.54) is 17.8 Å². The Labute approximate surface area is 88.4 Å². The average Bonchev–Trinajstić information content (AvgIpc) is 2.50. The molecule has 0 aliphatic carbocycles. The summed E-state index contributed by atoms with van der Waals surface area (Å²) in [4.78, 5) is 6.38. The first-order valence-corrected chi connectivity index (χ1v) is 5.92. The van der Waals surface area contributed by atoms with Crippen LogP contribution in [0, 0.1) is 11.8 Å². The minimum atomic E-state index is 0.149. The summed E-state index contributed by atoms with van der Waals surface area (Å²) in [7, 11) is 0. The molecule has 1 N–H and O–H groups in total. The van der Waals surface area contributed by atoms with Gasteiger partial charge in [-0.2, -0.15) is 4.98 Å². The lowest BCUT2D eigenvalue weighted by molar-refractivity contribution is 0.356. The quantitative estimate of drug-likeness (QED) is 0.776. The number of aromatic nitrogens is 1. The van der Waals surface area contributed by atoms with Crippen LogP contribution >= 0.6 is 11.3 Å². The first-order chi connectivity index (χ1) is 6.65. The summed E-state index contributed by atoms with van der Waals surface area (Å²) in [6, 6.07) is 0. The smallest absolute Gasteiger partial charge is 0.223 e. The van der Waals surface area contributed by atoms with Crippen LogP contribution in [-0.2, 0) is 0 Å². The molecular weight excluding hydrogens is 196 g/mol. The predicted octanol–water partition coefficient (Wildman–Crippen LogP) is 2.33. The van der Waals surface area contributed by atoms with Gasteiger partial charge >= 0.3 is 0 Å². The molecule has 1 aromatic heterocycles. The maximum Gasteiger partial charge on any atom is 0.223 e. The average molecular weight is 212 g/mol. The fourth-order valence-electron chi connectivity index (χ4n) is 2.22. The summed E-state index contributed by atoms with van der Waals surface area (Å²) in [5.74, 6) is 1.60. The molecule has 1 aliphatic rings. The number of hydrogen-bond acceptors (Lipinski definition) is 4. The van der Waals surface area contributed by atoms with Crippen LogP contribution in [0.3, 0.4) is 0 Å². The Bertz CT molecular complexity index is 303. The first-order valence-electron chi connectivity index (χ1n) is 5.04. The molecule has 1 saturated heterocycles. The highest BCUT2D eigenvalue weighted by atomic mass is 32.1. The number of hydrogen-bond donors (Lipinski definition) is 1. The Kier molecular flexibility index (Phi) is 2.63. The zero-order chi connectivity index (χ0) is 10.1. The molecule has 0 radical (unpaired) electrons. The Morgan fingerprint density at radius 2 is 2.07 bits per heavy atom. The van der Waals surface area contributed by atoms with Gasteiger partial charge in [0, 0.05) is 13.1 Å². The van der Waals surface area contributed by atoms with Crippen molar-refractivity contribution in [3.05, 3.63) is 5.38 Å². The zero-order valence-corrected chi connectivity index (χ0v) is 9.42. The monoisotopic (exact) mass is 212 g/mol. The van der Waals surface area contributed by atoms with E-state index in [-0.39, 0.29) is 5.88 Å². The summed E-state index contributed by atoms with van der Waals surface area (Å²) in [6.07, 6.45) is 1.30. The van der Waals surface area contributed by atoms with Crippen molar-refractivity contribution in [3.8, 4) is 5.88 Å². The molecule has 2 atom stereocenters. The second kappa shape index (κ2) is 3.77. The van der Waals surface area contributed by atoms with Crippen LogP contribution in [0.4, 0.5) is 5.13 Å². The molecule has 0 spiro atoms. The fraction of sp³-hybridized carbons (Fsp3) is 0.700. The fourth-order valence-corrected chi connectivity index (χ4v) is 2.93.